The Bertz CT molecular complexity index is 698. The SMILES string of the molecule is COc1cc([N+](=O)[O-])ccc1NC(=O)c1ccccc1C. The predicted octanol–water partition coefficient (Wildman–Crippen LogP) is 3.16. The first-order valence-corrected chi connectivity index (χ1v) is 6.22. The molecule has 21 heavy (non-hydrogen) atoms. The number of amides is 1. The van der Waals surface area contributed by atoms with Gasteiger partial charge in [-0.2, -0.15) is 0 Å². The van der Waals surface area contributed by atoms with E-state index in [1.165, 1.54) is 25.3 Å². The Morgan fingerprint density at radius 2 is 1.95 bits per heavy atom. The number of ether oxygens (including phenoxy) is 1. The van der Waals surface area contributed by atoms with Gasteiger partial charge in [0, 0.05) is 11.6 Å². The van der Waals surface area contributed by atoms with E-state index in [-0.39, 0.29) is 17.3 Å². The fourth-order valence-electron chi connectivity index (χ4n) is 1.91. The van der Waals surface area contributed by atoms with Gasteiger partial charge in [-0.3, -0.25) is 14.9 Å². The van der Waals surface area contributed by atoms with Crippen LogP contribution in [0, 0.1) is 17.0 Å². The van der Waals surface area contributed by atoms with E-state index >= 15 is 0 Å². The summed E-state index contributed by atoms with van der Waals surface area (Å²) >= 11 is 0. The van der Waals surface area contributed by atoms with E-state index in [9.17, 15) is 14.9 Å². The number of carbonyl (C=O) groups excluding carboxylic acids is 1. The van der Waals surface area contributed by atoms with Crippen LogP contribution in [0.15, 0.2) is 42.5 Å². The number of hydrogen-bond acceptors (Lipinski definition) is 4. The molecular weight excluding hydrogens is 272 g/mol. The molecule has 0 saturated carbocycles. The van der Waals surface area contributed by atoms with Crippen molar-refractivity contribution < 1.29 is 14.5 Å². The highest BCUT2D eigenvalue weighted by Crippen LogP contribution is 2.29. The van der Waals surface area contributed by atoms with Crippen molar-refractivity contribution in [3.05, 3.63) is 63.7 Å². The summed E-state index contributed by atoms with van der Waals surface area (Å²) in [6.07, 6.45) is 0. The van der Waals surface area contributed by atoms with Crippen molar-refractivity contribution in [3.8, 4) is 5.75 Å². The summed E-state index contributed by atoms with van der Waals surface area (Å²) in [5.74, 6) is -0.0496. The lowest BCUT2D eigenvalue weighted by Gasteiger charge is -2.11. The van der Waals surface area contributed by atoms with Crippen LogP contribution in [0.1, 0.15) is 15.9 Å². The third-order valence-electron chi connectivity index (χ3n) is 3.03. The molecule has 0 saturated heterocycles. The van der Waals surface area contributed by atoms with Crippen LogP contribution >= 0.6 is 0 Å². The Labute approximate surface area is 121 Å². The number of anilines is 1. The van der Waals surface area contributed by atoms with E-state index in [1.54, 1.807) is 12.1 Å². The van der Waals surface area contributed by atoms with Gasteiger partial charge in [-0.15, -0.1) is 0 Å². The summed E-state index contributed by atoms with van der Waals surface area (Å²) in [4.78, 5) is 22.4. The minimum absolute atomic E-state index is 0.0965. The number of hydrogen-bond donors (Lipinski definition) is 1. The van der Waals surface area contributed by atoms with E-state index < -0.39 is 4.92 Å². The molecule has 2 aromatic rings. The van der Waals surface area contributed by atoms with Crippen molar-refractivity contribution in [2.75, 3.05) is 12.4 Å². The molecule has 0 aliphatic heterocycles. The van der Waals surface area contributed by atoms with Crippen LogP contribution < -0.4 is 10.1 Å². The molecule has 6 nitrogen and oxygen atoms in total. The van der Waals surface area contributed by atoms with Crippen LogP contribution in [0.25, 0.3) is 0 Å². The number of carbonyl (C=O) groups is 1. The number of nitrogens with zero attached hydrogens (tertiary/aromatic N) is 1. The van der Waals surface area contributed by atoms with Gasteiger partial charge in [-0.05, 0) is 24.6 Å². The fraction of sp³-hybridized carbons (Fsp3) is 0.133. The first kappa shape index (κ1) is 14.5. The predicted molar refractivity (Wildman–Crippen MR) is 78.8 cm³/mol. The zero-order chi connectivity index (χ0) is 15.4. The third kappa shape index (κ3) is 3.17. The molecule has 2 aromatic carbocycles. The van der Waals surface area contributed by atoms with Gasteiger partial charge in [0.15, 0.2) is 0 Å². The van der Waals surface area contributed by atoms with E-state index in [0.29, 0.717) is 11.3 Å². The topological polar surface area (TPSA) is 81.5 Å². The molecule has 0 aliphatic rings. The largest absolute Gasteiger partial charge is 0.494 e. The first-order chi connectivity index (χ1) is 10.0. The molecule has 6 heteroatoms. The van der Waals surface area contributed by atoms with Crippen molar-refractivity contribution >= 4 is 17.3 Å². The van der Waals surface area contributed by atoms with Crippen molar-refractivity contribution in [3.63, 3.8) is 0 Å². The molecule has 0 radical (unpaired) electrons. The van der Waals surface area contributed by atoms with Gasteiger partial charge in [-0.1, -0.05) is 18.2 Å². The molecule has 2 rings (SSSR count). The van der Waals surface area contributed by atoms with E-state index in [2.05, 4.69) is 5.32 Å². The number of nitro benzene ring substituents is 1. The van der Waals surface area contributed by atoms with Gasteiger partial charge in [0.1, 0.15) is 5.75 Å². The summed E-state index contributed by atoms with van der Waals surface area (Å²) in [6.45, 7) is 1.84. The highest BCUT2D eigenvalue weighted by atomic mass is 16.6. The lowest BCUT2D eigenvalue weighted by molar-refractivity contribution is -0.384. The number of rotatable bonds is 4. The Balaban J connectivity index is 2.29. The smallest absolute Gasteiger partial charge is 0.273 e. The molecule has 0 spiro atoms. The van der Waals surface area contributed by atoms with Crippen molar-refractivity contribution in [1.29, 1.82) is 0 Å². The number of methoxy groups -OCH3 is 1. The van der Waals surface area contributed by atoms with Crippen LogP contribution in [0.4, 0.5) is 11.4 Å². The second-order valence-corrected chi connectivity index (χ2v) is 4.41. The molecule has 0 unspecified atom stereocenters. The highest BCUT2D eigenvalue weighted by molar-refractivity contribution is 6.06. The highest BCUT2D eigenvalue weighted by Gasteiger charge is 2.15. The molecule has 1 amide bonds. The number of nitro groups is 1. The van der Waals surface area contributed by atoms with Crippen molar-refractivity contribution in [1.82, 2.24) is 0 Å². The molecule has 0 aliphatic carbocycles. The average Bonchev–Trinajstić information content (AvgIpc) is 2.47. The molecule has 0 fully saturated rings. The Morgan fingerprint density at radius 1 is 1.24 bits per heavy atom. The summed E-state index contributed by atoms with van der Waals surface area (Å²) in [5, 5.41) is 13.4. The monoisotopic (exact) mass is 286 g/mol. The Hall–Kier alpha value is -2.89. The van der Waals surface area contributed by atoms with Crippen LogP contribution in [0.2, 0.25) is 0 Å². The molecule has 0 atom stereocenters. The molecule has 1 N–H and O–H groups in total. The quantitative estimate of drug-likeness (QED) is 0.691. The lowest BCUT2D eigenvalue weighted by atomic mass is 10.1. The van der Waals surface area contributed by atoms with Gasteiger partial charge >= 0.3 is 0 Å². The number of non-ortho nitro benzene ring substituents is 1. The number of aryl methyl sites for hydroxylation is 1. The normalized spacial score (nSPS) is 10.0. The Kier molecular flexibility index (Phi) is 4.18. The maximum Gasteiger partial charge on any atom is 0.273 e. The molecule has 0 bridgehead atoms. The van der Waals surface area contributed by atoms with E-state index in [4.69, 9.17) is 4.74 Å². The van der Waals surface area contributed by atoms with E-state index in [0.717, 1.165) is 5.56 Å². The van der Waals surface area contributed by atoms with Crippen LogP contribution in [-0.4, -0.2) is 17.9 Å². The molecule has 0 heterocycles. The van der Waals surface area contributed by atoms with Crippen LogP contribution in [-0.2, 0) is 0 Å². The second kappa shape index (κ2) is 6.04. The third-order valence-corrected chi connectivity index (χ3v) is 3.03. The standard InChI is InChI=1S/C15H14N2O4/c1-10-5-3-4-6-12(10)15(18)16-13-8-7-11(17(19)20)9-14(13)21-2/h3-9H,1-2H3,(H,16,18). The summed E-state index contributed by atoms with van der Waals surface area (Å²) in [6, 6.07) is 11.2. The maximum absolute atomic E-state index is 12.2. The Morgan fingerprint density at radius 3 is 2.57 bits per heavy atom. The number of benzene rings is 2. The van der Waals surface area contributed by atoms with Crippen LogP contribution in [0.5, 0.6) is 5.75 Å². The minimum atomic E-state index is -0.518. The lowest BCUT2D eigenvalue weighted by Crippen LogP contribution is -2.14. The zero-order valence-corrected chi connectivity index (χ0v) is 11.6. The summed E-state index contributed by atoms with van der Waals surface area (Å²) in [7, 11) is 1.39. The second-order valence-electron chi connectivity index (χ2n) is 4.41. The first-order valence-electron chi connectivity index (χ1n) is 6.22. The van der Waals surface area contributed by atoms with Crippen LogP contribution in [0.3, 0.4) is 0 Å². The van der Waals surface area contributed by atoms with Gasteiger partial charge < -0.3 is 10.1 Å². The summed E-state index contributed by atoms with van der Waals surface area (Å²) in [5.41, 5.74) is 1.67. The fourth-order valence-corrected chi connectivity index (χ4v) is 1.91. The van der Waals surface area contributed by atoms with Gasteiger partial charge in [0.2, 0.25) is 0 Å². The zero-order valence-electron chi connectivity index (χ0n) is 11.6. The van der Waals surface area contributed by atoms with Crippen molar-refractivity contribution in [2.24, 2.45) is 0 Å². The van der Waals surface area contributed by atoms with Gasteiger partial charge in [-0.25, -0.2) is 0 Å². The van der Waals surface area contributed by atoms with Gasteiger partial charge in [0.25, 0.3) is 11.6 Å². The maximum atomic E-state index is 12.2. The molecule has 0 aromatic heterocycles. The number of nitrogens with one attached hydrogen (secondary N) is 1. The van der Waals surface area contributed by atoms with Gasteiger partial charge in [0.05, 0.1) is 23.8 Å². The minimum Gasteiger partial charge on any atom is -0.494 e. The van der Waals surface area contributed by atoms with E-state index in [1.807, 2.05) is 19.1 Å². The average molecular weight is 286 g/mol. The molecule has 108 valence electrons. The van der Waals surface area contributed by atoms with Crippen molar-refractivity contribution in [2.45, 2.75) is 6.92 Å². The molecular formula is C15H14N2O4. The summed E-state index contributed by atoms with van der Waals surface area (Å²) < 4.78 is 5.08.